The number of hydrogen-bond acceptors (Lipinski definition) is 3. The van der Waals surface area contributed by atoms with Crippen LogP contribution in [0.4, 0.5) is 4.39 Å². The van der Waals surface area contributed by atoms with E-state index in [1.54, 1.807) is 6.07 Å². The lowest BCUT2D eigenvalue weighted by Gasteiger charge is -2.35. The van der Waals surface area contributed by atoms with Crippen molar-refractivity contribution in [2.75, 3.05) is 13.7 Å². The van der Waals surface area contributed by atoms with E-state index in [4.69, 9.17) is 16.3 Å². The van der Waals surface area contributed by atoms with Crippen molar-refractivity contribution in [2.45, 2.75) is 24.7 Å². The highest BCUT2D eigenvalue weighted by Crippen LogP contribution is 2.40. The third-order valence-electron chi connectivity index (χ3n) is 3.59. The lowest BCUT2D eigenvalue weighted by atomic mass is 9.70. The van der Waals surface area contributed by atoms with E-state index in [2.05, 4.69) is 0 Å². The molecule has 0 bridgehead atoms. The van der Waals surface area contributed by atoms with Crippen LogP contribution in [-0.2, 0) is 21.4 Å². The largest absolute Gasteiger partial charge is 0.468 e. The van der Waals surface area contributed by atoms with Gasteiger partial charge in [-0.1, -0.05) is 17.7 Å². The third kappa shape index (κ3) is 1.80. The molecule has 2 rings (SSSR count). The van der Waals surface area contributed by atoms with Gasteiger partial charge in [-0.3, -0.25) is 4.79 Å². The van der Waals surface area contributed by atoms with Crippen LogP contribution in [0.5, 0.6) is 0 Å². The first-order valence-corrected chi connectivity index (χ1v) is 6.11. The summed E-state index contributed by atoms with van der Waals surface area (Å²) in [5, 5.41) is 9.63. The van der Waals surface area contributed by atoms with Gasteiger partial charge in [-0.25, -0.2) is 4.39 Å². The van der Waals surface area contributed by atoms with E-state index >= 15 is 0 Å². The molecule has 98 valence electrons. The first kappa shape index (κ1) is 13.3. The molecule has 0 aromatic heterocycles. The topological polar surface area (TPSA) is 46.5 Å². The predicted octanol–water partition coefficient (Wildman–Crippen LogP) is 2.22. The van der Waals surface area contributed by atoms with E-state index in [-0.39, 0.29) is 5.02 Å². The van der Waals surface area contributed by atoms with Crippen LogP contribution >= 0.6 is 11.6 Å². The zero-order chi connectivity index (χ0) is 13.3. The lowest BCUT2D eigenvalue weighted by Crippen LogP contribution is -2.43. The van der Waals surface area contributed by atoms with Crippen molar-refractivity contribution >= 4 is 17.6 Å². The molecule has 1 aromatic carbocycles. The average molecular weight is 273 g/mol. The number of halogens is 2. The minimum Gasteiger partial charge on any atom is -0.468 e. The number of methoxy groups -OCH3 is 1. The maximum absolute atomic E-state index is 14.0. The van der Waals surface area contributed by atoms with Gasteiger partial charge in [0, 0.05) is 0 Å². The van der Waals surface area contributed by atoms with Crippen LogP contribution in [0.3, 0.4) is 0 Å². The number of esters is 1. The summed E-state index contributed by atoms with van der Waals surface area (Å²) < 4.78 is 18.7. The zero-order valence-corrected chi connectivity index (χ0v) is 10.8. The van der Waals surface area contributed by atoms with Gasteiger partial charge in [0.1, 0.15) is 11.2 Å². The van der Waals surface area contributed by atoms with Gasteiger partial charge >= 0.3 is 5.97 Å². The molecular formula is C13H14ClFO3. The van der Waals surface area contributed by atoms with Crippen LogP contribution in [0.15, 0.2) is 12.1 Å². The second kappa shape index (κ2) is 4.86. The van der Waals surface area contributed by atoms with Gasteiger partial charge in [-0.2, -0.15) is 0 Å². The van der Waals surface area contributed by atoms with Crippen molar-refractivity contribution in [3.05, 3.63) is 34.1 Å². The molecule has 0 saturated heterocycles. The van der Waals surface area contributed by atoms with E-state index in [0.717, 1.165) is 0 Å². The molecule has 0 spiro atoms. The van der Waals surface area contributed by atoms with Gasteiger partial charge in [-0.05, 0) is 36.5 Å². The molecule has 0 saturated carbocycles. The molecule has 0 aliphatic heterocycles. The molecule has 0 heterocycles. The number of hydrogen-bond donors (Lipinski definition) is 1. The van der Waals surface area contributed by atoms with Gasteiger partial charge < -0.3 is 9.84 Å². The minimum absolute atomic E-state index is 0.0346. The fourth-order valence-electron chi connectivity index (χ4n) is 2.62. The molecular weight excluding hydrogens is 259 g/mol. The van der Waals surface area contributed by atoms with Crippen molar-refractivity contribution in [2.24, 2.45) is 0 Å². The molecule has 0 fully saturated rings. The Balaban J connectivity index is 2.63. The molecule has 1 N–H and O–H groups in total. The van der Waals surface area contributed by atoms with Crippen molar-refractivity contribution in [1.82, 2.24) is 0 Å². The molecule has 0 unspecified atom stereocenters. The highest BCUT2D eigenvalue weighted by Gasteiger charge is 2.45. The van der Waals surface area contributed by atoms with Crippen molar-refractivity contribution in [3.63, 3.8) is 0 Å². The smallest absolute Gasteiger partial charge is 0.318 e. The Kier molecular flexibility index (Phi) is 3.59. The molecule has 5 heteroatoms. The number of aliphatic hydroxyl groups excluding tert-OH is 1. The van der Waals surface area contributed by atoms with Crippen LogP contribution in [0.1, 0.15) is 24.0 Å². The van der Waals surface area contributed by atoms with E-state index < -0.39 is 23.8 Å². The van der Waals surface area contributed by atoms with E-state index in [9.17, 15) is 14.3 Å². The summed E-state index contributed by atoms with van der Waals surface area (Å²) in [6, 6.07) is 3.02. The first-order valence-electron chi connectivity index (χ1n) is 5.73. The van der Waals surface area contributed by atoms with E-state index in [1.807, 2.05) is 0 Å². The number of fused-ring (bicyclic) bond motifs is 1. The quantitative estimate of drug-likeness (QED) is 0.840. The van der Waals surface area contributed by atoms with E-state index in [1.165, 1.54) is 13.2 Å². The minimum atomic E-state index is -1.16. The molecule has 1 aromatic rings. The van der Waals surface area contributed by atoms with Gasteiger partial charge in [0.05, 0.1) is 18.7 Å². The van der Waals surface area contributed by atoms with Gasteiger partial charge in [0.2, 0.25) is 0 Å². The summed E-state index contributed by atoms with van der Waals surface area (Å²) in [7, 11) is 1.26. The normalized spacial score (nSPS) is 22.4. The predicted molar refractivity (Wildman–Crippen MR) is 65.1 cm³/mol. The summed E-state index contributed by atoms with van der Waals surface area (Å²) in [6.07, 6.45) is 1.57. The Morgan fingerprint density at radius 1 is 1.61 bits per heavy atom. The van der Waals surface area contributed by atoms with Crippen LogP contribution < -0.4 is 0 Å². The Morgan fingerprint density at radius 3 is 2.94 bits per heavy atom. The fraction of sp³-hybridized carbons (Fsp3) is 0.462. The second-order valence-electron chi connectivity index (χ2n) is 4.47. The number of aliphatic hydroxyl groups is 1. The SMILES string of the molecule is COC(=O)[C@@]1(CO)CCCc2c1ccc(Cl)c2F. The zero-order valence-electron chi connectivity index (χ0n) is 10.0. The van der Waals surface area contributed by atoms with Gasteiger partial charge in [0.25, 0.3) is 0 Å². The lowest BCUT2D eigenvalue weighted by molar-refractivity contribution is -0.150. The van der Waals surface area contributed by atoms with Crippen LogP contribution in [-0.4, -0.2) is 24.8 Å². The maximum Gasteiger partial charge on any atom is 0.318 e. The van der Waals surface area contributed by atoms with Crippen molar-refractivity contribution < 1.29 is 19.0 Å². The summed E-state index contributed by atoms with van der Waals surface area (Å²) in [5.74, 6) is -1.04. The van der Waals surface area contributed by atoms with Gasteiger partial charge in [0.15, 0.2) is 0 Å². The fourth-order valence-corrected chi connectivity index (χ4v) is 2.80. The molecule has 18 heavy (non-hydrogen) atoms. The van der Waals surface area contributed by atoms with Crippen LogP contribution in [0.25, 0.3) is 0 Å². The number of ether oxygens (including phenoxy) is 1. The Bertz CT molecular complexity index is 489. The monoisotopic (exact) mass is 272 g/mol. The average Bonchev–Trinajstić information content (AvgIpc) is 2.41. The second-order valence-corrected chi connectivity index (χ2v) is 4.88. The number of benzene rings is 1. The summed E-state index contributed by atoms with van der Waals surface area (Å²) >= 11 is 5.74. The summed E-state index contributed by atoms with van der Waals surface area (Å²) in [6.45, 7) is -0.395. The molecule has 0 radical (unpaired) electrons. The van der Waals surface area contributed by atoms with Gasteiger partial charge in [-0.15, -0.1) is 0 Å². The number of rotatable bonds is 2. The van der Waals surface area contributed by atoms with E-state index in [0.29, 0.717) is 30.4 Å². The number of carbonyl (C=O) groups is 1. The molecule has 3 nitrogen and oxygen atoms in total. The van der Waals surface area contributed by atoms with Crippen molar-refractivity contribution in [3.8, 4) is 0 Å². The Labute approximate surface area is 110 Å². The molecule has 1 aliphatic carbocycles. The number of carbonyl (C=O) groups excluding carboxylic acids is 1. The first-order chi connectivity index (χ1) is 8.56. The standard InChI is InChI=1S/C13H14ClFO3/c1-18-12(17)13(7-16)6-2-3-8-9(13)4-5-10(14)11(8)15/h4-5,16H,2-3,6-7H2,1H3/t13-/m1/s1. The highest BCUT2D eigenvalue weighted by atomic mass is 35.5. The Morgan fingerprint density at radius 2 is 2.33 bits per heavy atom. The molecule has 0 amide bonds. The maximum atomic E-state index is 14.0. The van der Waals surface area contributed by atoms with Crippen LogP contribution in [0, 0.1) is 5.82 Å². The molecule has 1 atom stereocenters. The Hall–Kier alpha value is -1.13. The highest BCUT2D eigenvalue weighted by molar-refractivity contribution is 6.30. The van der Waals surface area contributed by atoms with Crippen LogP contribution in [0.2, 0.25) is 5.02 Å². The molecule has 1 aliphatic rings. The summed E-state index contributed by atoms with van der Waals surface area (Å²) in [5.41, 5.74) is -0.258. The van der Waals surface area contributed by atoms with Crippen molar-refractivity contribution in [1.29, 1.82) is 0 Å². The summed E-state index contributed by atoms with van der Waals surface area (Å²) in [4.78, 5) is 11.9. The third-order valence-corrected chi connectivity index (χ3v) is 3.88.